The second-order valence-electron chi connectivity index (χ2n) is 4.25. The molecule has 0 fully saturated rings. The predicted molar refractivity (Wildman–Crippen MR) is 78.8 cm³/mol. The Balaban J connectivity index is 2.77. The average molecular weight is 382 g/mol. The Morgan fingerprint density at radius 1 is 1.48 bits per heavy atom. The van der Waals surface area contributed by atoms with E-state index >= 15 is 0 Å². The van der Waals surface area contributed by atoms with Crippen LogP contribution in [0, 0.1) is 0 Å². The maximum absolute atomic E-state index is 12.1. The first-order valence-electron chi connectivity index (χ1n) is 5.97. The van der Waals surface area contributed by atoms with Gasteiger partial charge in [0.05, 0.1) is 23.2 Å². The number of halogens is 1. The van der Waals surface area contributed by atoms with Gasteiger partial charge in [-0.05, 0) is 40.5 Å². The topological polar surface area (TPSA) is 113 Å². The molecule has 0 spiro atoms. The number of hydrogen-bond donors (Lipinski definition) is 3. The quantitative estimate of drug-likeness (QED) is 0.614. The van der Waals surface area contributed by atoms with Gasteiger partial charge < -0.3 is 14.9 Å². The summed E-state index contributed by atoms with van der Waals surface area (Å²) in [4.78, 5) is 10.7. The fourth-order valence-electron chi connectivity index (χ4n) is 1.57. The van der Waals surface area contributed by atoms with Crippen molar-refractivity contribution in [2.24, 2.45) is 0 Å². The Bertz CT molecular complexity index is 604. The summed E-state index contributed by atoms with van der Waals surface area (Å²) in [5.41, 5.74) is -0.0173. The van der Waals surface area contributed by atoms with Crippen molar-refractivity contribution < 1.29 is 28.2 Å². The van der Waals surface area contributed by atoms with Crippen LogP contribution in [0.25, 0.3) is 0 Å². The number of aliphatic hydroxyl groups is 1. The maximum Gasteiger partial charge on any atom is 0.335 e. The van der Waals surface area contributed by atoms with Gasteiger partial charge in [-0.1, -0.05) is 0 Å². The van der Waals surface area contributed by atoms with Crippen LogP contribution in [-0.2, 0) is 14.8 Å². The molecule has 1 aromatic rings. The first-order valence-corrected chi connectivity index (χ1v) is 8.25. The van der Waals surface area contributed by atoms with Gasteiger partial charge >= 0.3 is 5.97 Å². The molecule has 118 valence electrons. The van der Waals surface area contributed by atoms with E-state index in [-0.39, 0.29) is 34.5 Å². The monoisotopic (exact) mass is 381 g/mol. The van der Waals surface area contributed by atoms with E-state index < -0.39 is 22.1 Å². The van der Waals surface area contributed by atoms with Gasteiger partial charge in [0, 0.05) is 18.1 Å². The minimum absolute atomic E-state index is 0.0173. The third-order valence-corrected chi connectivity index (χ3v) is 5.03. The van der Waals surface area contributed by atoms with Crippen molar-refractivity contribution in [2.75, 3.05) is 20.3 Å². The lowest BCUT2D eigenvalue weighted by atomic mass is 10.2. The average Bonchev–Trinajstić information content (AvgIpc) is 2.38. The Morgan fingerprint density at radius 3 is 2.67 bits per heavy atom. The summed E-state index contributed by atoms with van der Waals surface area (Å²) in [7, 11) is -2.35. The van der Waals surface area contributed by atoms with Crippen LogP contribution < -0.4 is 4.72 Å². The number of benzene rings is 1. The third-order valence-electron chi connectivity index (χ3n) is 2.60. The zero-order chi connectivity index (χ0) is 16.0. The summed E-state index contributed by atoms with van der Waals surface area (Å²) in [6.07, 6.45) is -0.548. The number of ether oxygens (including phenoxy) is 1. The number of rotatable bonds is 8. The van der Waals surface area contributed by atoms with Crippen molar-refractivity contribution >= 4 is 31.9 Å². The highest BCUT2D eigenvalue weighted by Gasteiger charge is 2.19. The Kier molecular flexibility index (Phi) is 6.75. The maximum atomic E-state index is 12.1. The lowest BCUT2D eigenvalue weighted by molar-refractivity contribution is 0.0603. The zero-order valence-corrected chi connectivity index (χ0v) is 13.6. The number of carboxylic acid groups (broad SMARTS) is 1. The summed E-state index contributed by atoms with van der Waals surface area (Å²) in [6.45, 7) is 0.165. The largest absolute Gasteiger partial charge is 0.478 e. The molecular weight excluding hydrogens is 366 g/mol. The van der Waals surface area contributed by atoms with Crippen molar-refractivity contribution in [3.8, 4) is 0 Å². The van der Waals surface area contributed by atoms with Crippen LogP contribution in [0.4, 0.5) is 0 Å². The number of carbonyl (C=O) groups is 1. The number of sulfonamides is 1. The van der Waals surface area contributed by atoms with Crippen LogP contribution >= 0.6 is 15.9 Å². The molecular formula is C12H16BrNO6S. The molecule has 0 bridgehead atoms. The van der Waals surface area contributed by atoms with Crippen LogP contribution in [0.3, 0.4) is 0 Å². The minimum Gasteiger partial charge on any atom is -0.478 e. The first kappa shape index (κ1) is 18.1. The molecule has 0 aliphatic heterocycles. The molecule has 9 heteroatoms. The summed E-state index contributed by atoms with van der Waals surface area (Å²) < 4.78 is 31.4. The molecule has 0 aliphatic rings. The van der Waals surface area contributed by atoms with Gasteiger partial charge in [0.2, 0.25) is 10.0 Å². The highest BCUT2D eigenvalue weighted by Crippen LogP contribution is 2.23. The minimum atomic E-state index is -3.79. The van der Waals surface area contributed by atoms with Gasteiger partial charge in [-0.3, -0.25) is 0 Å². The van der Waals surface area contributed by atoms with Crippen LogP contribution in [0.2, 0.25) is 0 Å². The Hall–Kier alpha value is -1.00. The number of carboxylic acids is 1. The second kappa shape index (κ2) is 7.85. The Labute approximate surface area is 131 Å². The van der Waals surface area contributed by atoms with Gasteiger partial charge in [-0.2, -0.15) is 0 Å². The molecule has 0 heterocycles. The molecule has 0 saturated carbocycles. The molecule has 1 unspecified atom stereocenters. The smallest absolute Gasteiger partial charge is 0.335 e. The zero-order valence-electron chi connectivity index (χ0n) is 11.2. The molecule has 0 amide bonds. The molecule has 21 heavy (non-hydrogen) atoms. The van der Waals surface area contributed by atoms with Gasteiger partial charge in [-0.25, -0.2) is 17.9 Å². The van der Waals surface area contributed by atoms with E-state index in [9.17, 15) is 18.3 Å². The number of hydrogen-bond acceptors (Lipinski definition) is 5. The predicted octanol–water partition coefficient (Wildman–Crippen LogP) is 0.823. The number of aliphatic hydroxyl groups excluding tert-OH is 1. The Morgan fingerprint density at radius 2 is 2.14 bits per heavy atom. The standard InChI is InChI=1S/C12H16BrNO6S/c1-20-7-9(15)4-5-14-21(18,19)11-3-2-8(12(16)17)6-10(11)13/h2-3,6,9,14-15H,4-5,7H2,1H3,(H,16,17). The molecule has 0 radical (unpaired) electrons. The van der Waals surface area contributed by atoms with Crippen molar-refractivity contribution in [1.29, 1.82) is 0 Å². The van der Waals surface area contributed by atoms with Crippen LogP contribution in [0.15, 0.2) is 27.6 Å². The molecule has 1 atom stereocenters. The van der Waals surface area contributed by atoms with Crippen molar-refractivity contribution in [2.45, 2.75) is 17.4 Å². The van der Waals surface area contributed by atoms with E-state index in [0.29, 0.717) is 0 Å². The fourth-order valence-corrected chi connectivity index (χ4v) is 3.69. The van der Waals surface area contributed by atoms with Crippen molar-refractivity contribution in [3.05, 3.63) is 28.2 Å². The normalized spacial score (nSPS) is 13.1. The van der Waals surface area contributed by atoms with Crippen LogP contribution in [0.1, 0.15) is 16.8 Å². The first-order chi connectivity index (χ1) is 9.77. The molecule has 0 aliphatic carbocycles. The van der Waals surface area contributed by atoms with Gasteiger partial charge in [-0.15, -0.1) is 0 Å². The van der Waals surface area contributed by atoms with E-state index in [4.69, 9.17) is 9.84 Å². The van der Waals surface area contributed by atoms with E-state index in [1.54, 1.807) is 0 Å². The second-order valence-corrected chi connectivity index (χ2v) is 6.84. The summed E-state index contributed by atoms with van der Waals surface area (Å²) in [6, 6.07) is 3.64. The summed E-state index contributed by atoms with van der Waals surface area (Å²) in [5.74, 6) is -1.14. The molecule has 0 aromatic heterocycles. The van der Waals surface area contributed by atoms with E-state index in [2.05, 4.69) is 20.7 Å². The lowest BCUT2D eigenvalue weighted by Crippen LogP contribution is -2.29. The van der Waals surface area contributed by atoms with Gasteiger partial charge in [0.1, 0.15) is 0 Å². The SMILES string of the molecule is COCC(O)CCNS(=O)(=O)c1ccc(C(=O)O)cc1Br. The molecule has 1 aromatic carbocycles. The number of aromatic carboxylic acids is 1. The summed E-state index contributed by atoms with van der Waals surface area (Å²) >= 11 is 3.05. The van der Waals surface area contributed by atoms with Crippen LogP contribution in [-0.4, -0.2) is 51.0 Å². The van der Waals surface area contributed by atoms with Crippen molar-refractivity contribution in [1.82, 2.24) is 4.72 Å². The van der Waals surface area contributed by atoms with Crippen LogP contribution in [0.5, 0.6) is 0 Å². The van der Waals surface area contributed by atoms with Gasteiger partial charge in [0.25, 0.3) is 0 Å². The van der Waals surface area contributed by atoms with Crippen molar-refractivity contribution in [3.63, 3.8) is 0 Å². The number of methoxy groups -OCH3 is 1. The summed E-state index contributed by atoms with van der Waals surface area (Å²) in [5, 5.41) is 18.3. The molecule has 1 rings (SSSR count). The fraction of sp³-hybridized carbons (Fsp3) is 0.417. The molecule has 0 saturated heterocycles. The van der Waals surface area contributed by atoms with E-state index in [0.717, 1.165) is 0 Å². The lowest BCUT2D eigenvalue weighted by Gasteiger charge is -2.11. The highest BCUT2D eigenvalue weighted by atomic mass is 79.9. The highest BCUT2D eigenvalue weighted by molar-refractivity contribution is 9.10. The third kappa shape index (κ3) is 5.36. The number of nitrogens with one attached hydrogen (secondary N) is 1. The molecule has 3 N–H and O–H groups in total. The van der Waals surface area contributed by atoms with Gasteiger partial charge in [0.15, 0.2) is 0 Å². The molecule has 7 nitrogen and oxygen atoms in total. The van der Waals surface area contributed by atoms with E-state index in [1.807, 2.05) is 0 Å². The van der Waals surface area contributed by atoms with E-state index in [1.165, 1.54) is 25.3 Å².